The Morgan fingerprint density at radius 1 is 1.13 bits per heavy atom. The van der Waals surface area contributed by atoms with Crippen molar-refractivity contribution in [2.75, 3.05) is 12.0 Å². The van der Waals surface area contributed by atoms with E-state index >= 15 is 0 Å². The molecule has 1 fully saturated rings. The van der Waals surface area contributed by atoms with Crippen molar-refractivity contribution in [2.24, 2.45) is 0 Å². The van der Waals surface area contributed by atoms with Crippen molar-refractivity contribution in [2.45, 2.75) is 19.0 Å². The molecule has 3 amide bonds. The highest BCUT2D eigenvalue weighted by Crippen LogP contribution is 2.29. The second kappa shape index (κ2) is 8.65. The first-order valence-electron chi connectivity index (χ1n) is 9.57. The number of furan rings is 1. The zero-order valence-electron chi connectivity index (χ0n) is 16.7. The molecule has 4 rings (SSSR count). The fourth-order valence-corrected chi connectivity index (χ4v) is 3.64. The largest absolute Gasteiger partial charge is 0.497 e. The lowest BCUT2D eigenvalue weighted by Gasteiger charge is -2.27. The average Bonchev–Trinajstić information content (AvgIpc) is 3.39. The van der Waals surface area contributed by atoms with Crippen molar-refractivity contribution >= 4 is 35.0 Å². The SMILES string of the molecule is COc1ccc(N2C(=O)CC(N(Cc3ccco3)C(=O)c3ccc(Cl)cc3)C2=O)cc1. The summed E-state index contributed by atoms with van der Waals surface area (Å²) < 4.78 is 10.5. The van der Waals surface area contributed by atoms with E-state index in [1.165, 1.54) is 18.3 Å². The number of benzene rings is 2. The lowest BCUT2D eigenvalue weighted by molar-refractivity contribution is -0.122. The number of carbonyl (C=O) groups excluding carboxylic acids is 3. The number of ether oxygens (including phenoxy) is 1. The van der Waals surface area contributed by atoms with Crippen LogP contribution in [-0.4, -0.2) is 35.8 Å². The zero-order valence-corrected chi connectivity index (χ0v) is 17.4. The van der Waals surface area contributed by atoms with Crippen LogP contribution in [0.3, 0.4) is 0 Å². The van der Waals surface area contributed by atoms with Gasteiger partial charge in [-0.2, -0.15) is 0 Å². The van der Waals surface area contributed by atoms with Crippen molar-refractivity contribution in [3.63, 3.8) is 0 Å². The number of anilines is 1. The fourth-order valence-electron chi connectivity index (χ4n) is 3.51. The van der Waals surface area contributed by atoms with Gasteiger partial charge in [-0.1, -0.05) is 11.6 Å². The van der Waals surface area contributed by atoms with Crippen LogP contribution in [0.5, 0.6) is 5.75 Å². The standard InChI is InChI=1S/C23H19ClN2O5/c1-30-18-10-8-17(9-11-18)26-21(27)13-20(23(26)29)25(14-19-3-2-12-31-19)22(28)15-4-6-16(24)7-5-15/h2-12,20H,13-14H2,1H3. The highest BCUT2D eigenvalue weighted by molar-refractivity contribution is 6.30. The van der Waals surface area contributed by atoms with Crippen molar-refractivity contribution in [1.29, 1.82) is 0 Å². The number of nitrogens with zero attached hydrogens (tertiary/aromatic N) is 2. The quantitative estimate of drug-likeness (QED) is 0.545. The minimum absolute atomic E-state index is 0.0502. The molecule has 1 aliphatic heterocycles. The monoisotopic (exact) mass is 438 g/mol. The third-order valence-corrected chi connectivity index (χ3v) is 5.34. The summed E-state index contributed by atoms with van der Waals surface area (Å²) in [4.78, 5) is 41.8. The third kappa shape index (κ3) is 4.18. The molecule has 0 spiro atoms. The van der Waals surface area contributed by atoms with Gasteiger partial charge in [0.05, 0.1) is 32.0 Å². The first kappa shape index (κ1) is 20.7. The lowest BCUT2D eigenvalue weighted by Crippen LogP contribution is -2.45. The first-order chi connectivity index (χ1) is 15.0. The van der Waals surface area contributed by atoms with Crippen molar-refractivity contribution in [3.05, 3.63) is 83.3 Å². The Hall–Kier alpha value is -3.58. The molecule has 8 heteroatoms. The number of hydrogen-bond acceptors (Lipinski definition) is 5. The van der Waals surface area contributed by atoms with Gasteiger partial charge in [0, 0.05) is 10.6 Å². The van der Waals surface area contributed by atoms with Crippen LogP contribution in [0.4, 0.5) is 5.69 Å². The van der Waals surface area contributed by atoms with E-state index in [0.29, 0.717) is 27.8 Å². The van der Waals surface area contributed by atoms with Gasteiger partial charge in [0.1, 0.15) is 17.6 Å². The Morgan fingerprint density at radius 3 is 2.45 bits per heavy atom. The van der Waals surface area contributed by atoms with Gasteiger partial charge in [-0.05, 0) is 60.7 Å². The molecule has 0 saturated carbocycles. The van der Waals surface area contributed by atoms with Crippen molar-refractivity contribution < 1.29 is 23.5 Å². The summed E-state index contributed by atoms with van der Waals surface area (Å²) in [5, 5.41) is 0.493. The molecule has 2 aromatic carbocycles. The van der Waals surface area contributed by atoms with Crippen LogP contribution in [0.15, 0.2) is 71.3 Å². The zero-order chi connectivity index (χ0) is 22.0. The normalized spacial score (nSPS) is 15.9. The number of halogens is 1. The number of imide groups is 1. The molecule has 0 N–H and O–H groups in total. The molecule has 1 unspecified atom stereocenters. The molecule has 158 valence electrons. The summed E-state index contributed by atoms with van der Waals surface area (Å²) in [5.41, 5.74) is 0.786. The molecule has 0 bridgehead atoms. The van der Waals surface area contributed by atoms with Gasteiger partial charge in [0.25, 0.3) is 11.8 Å². The van der Waals surface area contributed by atoms with E-state index in [1.54, 1.807) is 60.7 Å². The second-order valence-electron chi connectivity index (χ2n) is 7.00. The predicted octanol–water partition coefficient (Wildman–Crippen LogP) is 3.92. The molecule has 1 aliphatic rings. The average molecular weight is 439 g/mol. The topological polar surface area (TPSA) is 80.1 Å². The minimum atomic E-state index is -0.956. The van der Waals surface area contributed by atoms with Crippen molar-refractivity contribution in [1.82, 2.24) is 4.90 Å². The maximum atomic E-state index is 13.3. The van der Waals surface area contributed by atoms with Gasteiger partial charge in [0.15, 0.2) is 0 Å². The maximum Gasteiger partial charge on any atom is 0.257 e. The molecule has 0 aliphatic carbocycles. The van der Waals surface area contributed by atoms with E-state index < -0.39 is 17.9 Å². The molecule has 3 aromatic rings. The van der Waals surface area contributed by atoms with Crippen LogP contribution < -0.4 is 9.64 Å². The summed E-state index contributed by atoms with van der Waals surface area (Å²) in [6.07, 6.45) is 1.37. The number of rotatable bonds is 6. The van der Waals surface area contributed by atoms with Gasteiger partial charge >= 0.3 is 0 Å². The summed E-state index contributed by atoms with van der Waals surface area (Å²) >= 11 is 5.93. The molecule has 31 heavy (non-hydrogen) atoms. The van der Waals surface area contributed by atoms with Crippen LogP contribution in [0.25, 0.3) is 0 Å². The van der Waals surface area contributed by atoms with E-state index in [-0.39, 0.29) is 18.9 Å². The first-order valence-corrected chi connectivity index (χ1v) is 9.95. The number of amides is 3. The fraction of sp³-hybridized carbons (Fsp3) is 0.174. The lowest BCUT2D eigenvalue weighted by atomic mass is 10.1. The molecule has 1 atom stereocenters. The Bertz CT molecular complexity index is 1090. The van der Waals surface area contributed by atoms with Gasteiger partial charge in [0.2, 0.25) is 5.91 Å². The molecule has 2 heterocycles. The highest BCUT2D eigenvalue weighted by atomic mass is 35.5. The van der Waals surface area contributed by atoms with Crippen LogP contribution in [0, 0.1) is 0 Å². The van der Waals surface area contributed by atoms with E-state index in [9.17, 15) is 14.4 Å². The maximum absolute atomic E-state index is 13.3. The molecule has 7 nitrogen and oxygen atoms in total. The smallest absolute Gasteiger partial charge is 0.257 e. The molecule has 1 aromatic heterocycles. The van der Waals surface area contributed by atoms with E-state index in [0.717, 1.165) is 4.90 Å². The van der Waals surface area contributed by atoms with E-state index in [1.807, 2.05) is 0 Å². The molecular weight excluding hydrogens is 420 g/mol. The van der Waals surface area contributed by atoms with Gasteiger partial charge in [-0.25, -0.2) is 4.90 Å². The summed E-state index contributed by atoms with van der Waals surface area (Å²) in [6, 6.07) is 15.4. The molecular formula is C23H19ClN2O5. The predicted molar refractivity (Wildman–Crippen MR) is 114 cm³/mol. The summed E-state index contributed by atoms with van der Waals surface area (Å²) in [6.45, 7) is 0.0502. The van der Waals surface area contributed by atoms with Crippen LogP contribution in [0.1, 0.15) is 22.5 Å². The Kier molecular flexibility index (Phi) is 5.77. The van der Waals surface area contributed by atoms with E-state index in [2.05, 4.69) is 0 Å². The number of hydrogen-bond donors (Lipinski definition) is 0. The Morgan fingerprint density at radius 2 is 1.84 bits per heavy atom. The highest BCUT2D eigenvalue weighted by Gasteiger charge is 2.44. The van der Waals surface area contributed by atoms with Gasteiger partial charge in [-0.3, -0.25) is 14.4 Å². The number of methoxy groups -OCH3 is 1. The van der Waals surface area contributed by atoms with Crippen LogP contribution in [0.2, 0.25) is 5.02 Å². The Balaban J connectivity index is 1.65. The van der Waals surface area contributed by atoms with Gasteiger partial charge in [-0.15, -0.1) is 0 Å². The summed E-state index contributed by atoms with van der Waals surface area (Å²) in [5.74, 6) is -0.129. The Labute approximate surface area is 183 Å². The van der Waals surface area contributed by atoms with Crippen molar-refractivity contribution in [3.8, 4) is 5.75 Å². The second-order valence-corrected chi connectivity index (χ2v) is 7.44. The minimum Gasteiger partial charge on any atom is -0.497 e. The van der Waals surface area contributed by atoms with Gasteiger partial charge < -0.3 is 14.1 Å². The molecule has 0 radical (unpaired) electrons. The third-order valence-electron chi connectivity index (χ3n) is 5.09. The molecule has 1 saturated heterocycles. The number of carbonyl (C=O) groups is 3. The van der Waals surface area contributed by atoms with Crippen LogP contribution >= 0.6 is 11.6 Å². The van der Waals surface area contributed by atoms with E-state index in [4.69, 9.17) is 20.8 Å². The van der Waals surface area contributed by atoms with Crippen LogP contribution in [-0.2, 0) is 16.1 Å². The summed E-state index contributed by atoms with van der Waals surface area (Å²) in [7, 11) is 1.53.